The predicted octanol–water partition coefficient (Wildman–Crippen LogP) is 9.68. The molecule has 0 heterocycles. The number of ether oxygens (including phenoxy) is 2. The molecule has 0 unspecified atom stereocenters. The number of nitrogens with one attached hydrogen (secondary N) is 3. The number of nitrogens with zero attached hydrogens (tertiary/aromatic N) is 1. The third kappa shape index (κ3) is 14.3. The number of carbonyl (C=O) groups is 3. The molecule has 0 aliphatic carbocycles. The third-order valence-electron chi connectivity index (χ3n) is 11.2. The van der Waals surface area contributed by atoms with Crippen molar-refractivity contribution in [3.05, 3.63) is 156 Å². The van der Waals surface area contributed by atoms with Gasteiger partial charge in [-0.1, -0.05) is 154 Å². The molecular formula is C52H66N4O5S2. The highest BCUT2D eigenvalue weighted by Gasteiger charge is 2.38. The number of hydrogen-bond donors (Lipinski definition) is 3. The first kappa shape index (κ1) is 49.2. The molecular weight excluding hydrogens is 825 g/mol. The van der Waals surface area contributed by atoms with Crippen molar-refractivity contribution in [3.63, 3.8) is 0 Å². The maximum Gasteiger partial charge on any atom is 0.407 e. The molecule has 0 spiro atoms. The van der Waals surface area contributed by atoms with Crippen LogP contribution in [0, 0.1) is 5.92 Å². The molecule has 5 aromatic rings. The van der Waals surface area contributed by atoms with E-state index in [1.165, 1.54) is 7.11 Å². The summed E-state index contributed by atoms with van der Waals surface area (Å²) in [6, 6.07) is 45.1. The van der Waals surface area contributed by atoms with Gasteiger partial charge in [-0.2, -0.15) is 11.8 Å². The number of methoxy groups -OCH3 is 1. The highest BCUT2D eigenvalue weighted by Crippen LogP contribution is 2.48. The van der Waals surface area contributed by atoms with Gasteiger partial charge in [0.05, 0.1) is 24.4 Å². The van der Waals surface area contributed by atoms with Crippen LogP contribution in [0.3, 0.4) is 0 Å². The first-order valence-corrected chi connectivity index (χ1v) is 24.3. The fourth-order valence-corrected chi connectivity index (χ4v) is 9.88. The maximum absolute atomic E-state index is 13.9. The Morgan fingerprint density at radius 1 is 0.762 bits per heavy atom. The molecule has 0 aliphatic rings. The second-order valence-corrected chi connectivity index (χ2v) is 19.3. The standard InChI is InChI=1S/C52H66N4O5S2/c1-8-38(2)47(35-56(34-40-23-20-22-39-21-18-19-30-45(39)40)36-48(57)55-46(31-32-62-7)49(58)60-6)53-33-44(54-50(59)61-51(3,4)5)37-63-52(41-24-12-9-13-25-41,42-26-14-10-15-27-42)43-28-16-11-17-29-43/h9-30,38,44,46-47,53H,8,31-37H2,1-7H3,(H,54,59)(H,55,57)/t38-,44+,46-,47+/m0/s1. The van der Waals surface area contributed by atoms with E-state index in [1.54, 1.807) is 23.5 Å². The zero-order valence-electron chi connectivity index (χ0n) is 38.0. The van der Waals surface area contributed by atoms with Crippen LogP contribution >= 0.6 is 23.5 Å². The van der Waals surface area contributed by atoms with Gasteiger partial charge in [-0.15, -0.1) is 11.8 Å². The first-order valence-electron chi connectivity index (χ1n) is 21.9. The van der Waals surface area contributed by atoms with Crippen molar-refractivity contribution in [1.29, 1.82) is 0 Å². The van der Waals surface area contributed by atoms with Gasteiger partial charge in [-0.3, -0.25) is 9.69 Å². The number of rotatable bonds is 23. The monoisotopic (exact) mass is 890 g/mol. The van der Waals surface area contributed by atoms with Crippen LogP contribution in [0.15, 0.2) is 133 Å². The number of hydrogen-bond acceptors (Lipinski definition) is 9. The van der Waals surface area contributed by atoms with E-state index in [4.69, 9.17) is 9.47 Å². The molecule has 0 radical (unpaired) electrons. The van der Waals surface area contributed by atoms with Gasteiger partial charge >= 0.3 is 12.1 Å². The minimum atomic E-state index is -0.732. The molecule has 2 amide bonds. The summed E-state index contributed by atoms with van der Waals surface area (Å²) in [6.45, 7) is 11.6. The lowest BCUT2D eigenvalue weighted by molar-refractivity contribution is -0.145. The van der Waals surface area contributed by atoms with Crippen molar-refractivity contribution in [1.82, 2.24) is 20.9 Å². The number of esters is 1. The Balaban J connectivity index is 1.47. The lowest BCUT2D eigenvalue weighted by atomic mass is 9.84. The Kier molecular flexibility index (Phi) is 19.0. The average molecular weight is 891 g/mol. The van der Waals surface area contributed by atoms with Gasteiger partial charge in [0.1, 0.15) is 11.6 Å². The molecule has 11 heteroatoms. The summed E-state index contributed by atoms with van der Waals surface area (Å²) in [4.78, 5) is 42.4. The summed E-state index contributed by atoms with van der Waals surface area (Å²) >= 11 is 3.41. The topological polar surface area (TPSA) is 109 Å². The minimum Gasteiger partial charge on any atom is -0.467 e. The van der Waals surface area contributed by atoms with Crippen molar-refractivity contribution in [3.8, 4) is 0 Å². The number of fused-ring (bicyclic) bond motifs is 1. The van der Waals surface area contributed by atoms with Crippen molar-refractivity contribution in [2.75, 3.05) is 44.5 Å². The number of carbonyl (C=O) groups excluding carboxylic acids is 3. The number of benzene rings is 5. The van der Waals surface area contributed by atoms with Gasteiger partial charge in [0.15, 0.2) is 0 Å². The summed E-state index contributed by atoms with van der Waals surface area (Å²) < 4.78 is 10.3. The maximum atomic E-state index is 13.9. The van der Waals surface area contributed by atoms with Crippen LogP contribution in [-0.4, -0.2) is 91.1 Å². The van der Waals surface area contributed by atoms with Crippen molar-refractivity contribution in [2.45, 2.75) is 82.5 Å². The molecule has 336 valence electrons. The van der Waals surface area contributed by atoms with Gasteiger partial charge in [0, 0.05) is 31.4 Å². The Morgan fingerprint density at radius 2 is 1.33 bits per heavy atom. The summed E-state index contributed by atoms with van der Waals surface area (Å²) in [5, 5.41) is 12.4. The molecule has 0 saturated carbocycles. The van der Waals surface area contributed by atoms with Crippen LogP contribution < -0.4 is 16.0 Å². The molecule has 63 heavy (non-hydrogen) atoms. The number of thioether (sulfide) groups is 2. The molecule has 0 fully saturated rings. The molecule has 4 atom stereocenters. The highest BCUT2D eigenvalue weighted by molar-refractivity contribution is 8.00. The number of amides is 2. The van der Waals surface area contributed by atoms with Gasteiger partial charge in [-0.05, 0) is 78.1 Å². The fraction of sp³-hybridized carbons (Fsp3) is 0.404. The van der Waals surface area contributed by atoms with Crippen LogP contribution in [0.2, 0.25) is 0 Å². The molecule has 5 aromatic carbocycles. The van der Waals surface area contributed by atoms with E-state index in [1.807, 2.05) is 57.4 Å². The lowest BCUT2D eigenvalue weighted by Gasteiger charge is -2.37. The second kappa shape index (κ2) is 24.3. The zero-order chi connectivity index (χ0) is 45.2. The van der Waals surface area contributed by atoms with E-state index in [0.717, 1.165) is 39.4 Å². The third-order valence-corrected chi connectivity index (χ3v) is 13.6. The summed E-state index contributed by atoms with van der Waals surface area (Å²) in [5.41, 5.74) is 3.84. The Labute approximate surface area is 383 Å². The normalized spacial score (nSPS) is 13.8. The van der Waals surface area contributed by atoms with E-state index < -0.39 is 28.5 Å². The summed E-state index contributed by atoms with van der Waals surface area (Å²) in [5.74, 6) is 0.772. The molecule has 3 N–H and O–H groups in total. The zero-order valence-corrected chi connectivity index (χ0v) is 39.6. The van der Waals surface area contributed by atoms with Gasteiger partial charge in [-0.25, -0.2) is 9.59 Å². The van der Waals surface area contributed by atoms with Crippen molar-refractivity contribution in [2.24, 2.45) is 5.92 Å². The van der Waals surface area contributed by atoms with Crippen molar-refractivity contribution >= 4 is 52.3 Å². The molecule has 5 rings (SSSR count). The van der Waals surface area contributed by atoms with E-state index in [0.29, 0.717) is 37.6 Å². The SMILES string of the molecule is CC[C@H](C)[C@@H](CN(CC(=O)N[C@@H](CCSC)C(=O)OC)Cc1cccc2ccccc12)NC[C@H](CSC(c1ccccc1)(c1ccccc1)c1ccccc1)NC(=O)OC(C)(C)C. The molecule has 0 saturated heterocycles. The molecule has 0 aromatic heterocycles. The Hall–Kier alpha value is -4.81. The minimum absolute atomic E-state index is 0.0688. The molecule has 0 aliphatic heterocycles. The summed E-state index contributed by atoms with van der Waals surface area (Å²) in [6.07, 6.45) is 2.87. The van der Waals surface area contributed by atoms with Crippen LogP contribution in [0.25, 0.3) is 10.8 Å². The van der Waals surface area contributed by atoms with E-state index in [9.17, 15) is 14.4 Å². The Morgan fingerprint density at radius 3 is 1.89 bits per heavy atom. The first-order chi connectivity index (χ1) is 30.4. The average Bonchev–Trinajstić information content (AvgIpc) is 3.29. The number of alkyl carbamates (subject to hydrolysis) is 1. The molecule has 0 bridgehead atoms. The van der Waals surface area contributed by atoms with Gasteiger partial charge in [0.2, 0.25) is 5.91 Å². The van der Waals surface area contributed by atoms with Crippen LogP contribution in [0.4, 0.5) is 4.79 Å². The van der Waals surface area contributed by atoms with Crippen LogP contribution in [0.1, 0.15) is 69.7 Å². The fourth-order valence-electron chi connectivity index (χ4n) is 7.85. The van der Waals surface area contributed by atoms with E-state index in [-0.39, 0.29) is 30.5 Å². The van der Waals surface area contributed by atoms with Crippen molar-refractivity contribution < 1.29 is 23.9 Å². The quantitative estimate of drug-likeness (QED) is 0.0437. The second-order valence-electron chi connectivity index (χ2n) is 17.1. The lowest BCUT2D eigenvalue weighted by Crippen LogP contribution is -2.53. The van der Waals surface area contributed by atoms with Crippen LogP contribution in [0.5, 0.6) is 0 Å². The Bertz CT molecular complexity index is 2070. The summed E-state index contributed by atoms with van der Waals surface area (Å²) in [7, 11) is 1.35. The largest absolute Gasteiger partial charge is 0.467 e. The van der Waals surface area contributed by atoms with E-state index >= 15 is 0 Å². The molecule has 9 nitrogen and oxygen atoms in total. The van der Waals surface area contributed by atoms with E-state index in [2.05, 4.69) is 138 Å². The van der Waals surface area contributed by atoms with Crippen LogP contribution in [-0.2, 0) is 30.4 Å². The van der Waals surface area contributed by atoms with Gasteiger partial charge < -0.3 is 25.4 Å². The predicted molar refractivity (Wildman–Crippen MR) is 262 cm³/mol. The highest BCUT2D eigenvalue weighted by atomic mass is 32.2. The smallest absolute Gasteiger partial charge is 0.407 e. The van der Waals surface area contributed by atoms with Gasteiger partial charge in [0.25, 0.3) is 0 Å².